The van der Waals surface area contributed by atoms with Gasteiger partial charge < -0.3 is 20.8 Å². The van der Waals surface area contributed by atoms with Gasteiger partial charge in [-0.3, -0.25) is 4.79 Å². The van der Waals surface area contributed by atoms with E-state index in [4.69, 9.17) is 5.73 Å². The molecule has 7 heteroatoms. The number of halogens is 2. The van der Waals surface area contributed by atoms with Crippen LogP contribution in [0.4, 0.5) is 8.78 Å². The number of hydrogen-bond acceptors (Lipinski definition) is 4. The van der Waals surface area contributed by atoms with E-state index in [1.807, 2.05) is 31.2 Å². The van der Waals surface area contributed by atoms with E-state index in [1.165, 1.54) is 29.2 Å². The van der Waals surface area contributed by atoms with Crippen molar-refractivity contribution in [3.63, 3.8) is 0 Å². The van der Waals surface area contributed by atoms with E-state index in [2.05, 4.69) is 0 Å². The van der Waals surface area contributed by atoms with Crippen molar-refractivity contribution >= 4 is 5.91 Å². The van der Waals surface area contributed by atoms with Crippen molar-refractivity contribution in [2.24, 2.45) is 5.73 Å². The molecular weight excluding hydrogens is 438 g/mol. The quantitative estimate of drug-likeness (QED) is 0.423. The van der Waals surface area contributed by atoms with Crippen LogP contribution in [0.3, 0.4) is 0 Å². The summed E-state index contributed by atoms with van der Waals surface area (Å²) >= 11 is 0. The molecule has 0 unspecified atom stereocenters. The van der Waals surface area contributed by atoms with Crippen molar-refractivity contribution in [3.8, 4) is 5.75 Å². The Hall–Kier alpha value is -3.29. The Bertz CT molecular complexity index is 1100. The van der Waals surface area contributed by atoms with Crippen LogP contribution >= 0.6 is 0 Å². The average Bonchev–Trinajstić information content (AvgIpc) is 2.78. The van der Waals surface area contributed by atoms with Gasteiger partial charge in [0.05, 0.1) is 12.5 Å². The van der Waals surface area contributed by atoms with E-state index in [0.717, 1.165) is 23.6 Å². The number of carbonyl (C=O) groups is 1. The minimum absolute atomic E-state index is 0.0406. The highest BCUT2D eigenvalue weighted by atomic mass is 19.1. The maximum atomic E-state index is 13.5. The molecule has 0 radical (unpaired) electrons. The summed E-state index contributed by atoms with van der Waals surface area (Å²) in [5, 5.41) is 20.5. The zero-order chi connectivity index (χ0) is 24.7. The van der Waals surface area contributed by atoms with Crippen LogP contribution in [0.1, 0.15) is 29.2 Å². The Labute approximate surface area is 198 Å². The van der Waals surface area contributed by atoms with E-state index in [1.54, 1.807) is 12.1 Å². The van der Waals surface area contributed by atoms with Gasteiger partial charge in [-0.2, -0.15) is 0 Å². The molecule has 0 spiro atoms. The number of aliphatic hydroxyl groups is 1. The second kappa shape index (κ2) is 11.7. The van der Waals surface area contributed by atoms with Crippen molar-refractivity contribution < 1.29 is 23.8 Å². The fraction of sp³-hybridized carbons (Fsp3) is 0.296. The smallest absolute Gasteiger partial charge is 0.227 e. The van der Waals surface area contributed by atoms with Crippen LogP contribution in [-0.2, 0) is 30.6 Å². The summed E-state index contributed by atoms with van der Waals surface area (Å²) in [4.78, 5) is 14.7. The number of hydrogen-bond donors (Lipinski definition) is 3. The summed E-state index contributed by atoms with van der Waals surface area (Å²) in [6.45, 7) is 2.26. The van der Waals surface area contributed by atoms with E-state index < -0.39 is 23.8 Å². The number of aromatic hydroxyl groups is 1. The third-order valence-corrected chi connectivity index (χ3v) is 5.69. The van der Waals surface area contributed by atoms with E-state index in [9.17, 15) is 23.8 Å². The fourth-order valence-corrected chi connectivity index (χ4v) is 3.87. The molecule has 1 amide bonds. The van der Waals surface area contributed by atoms with Gasteiger partial charge in [-0.25, -0.2) is 8.78 Å². The normalized spacial score (nSPS) is 12.9. The van der Waals surface area contributed by atoms with Gasteiger partial charge in [0.25, 0.3) is 0 Å². The summed E-state index contributed by atoms with van der Waals surface area (Å²) in [5.41, 5.74) is 9.16. The molecular formula is C27H30F2N2O3. The summed E-state index contributed by atoms with van der Waals surface area (Å²) in [6.07, 6.45) is -0.175. The highest BCUT2D eigenvalue weighted by Crippen LogP contribution is 2.16. The Kier molecular flexibility index (Phi) is 8.73. The summed E-state index contributed by atoms with van der Waals surface area (Å²) in [7, 11) is 0. The van der Waals surface area contributed by atoms with Crippen LogP contribution in [-0.4, -0.2) is 39.7 Å². The van der Waals surface area contributed by atoms with Crippen molar-refractivity contribution in [2.45, 2.75) is 44.9 Å². The minimum atomic E-state index is -1.12. The molecule has 0 heterocycles. The lowest BCUT2D eigenvalue weighted by atomic mass is 10.0. The second-order valence-electron chi connectivity index (χ2n) is 8.51. The topological polar surface area (TPSA) is 86.8 Å². The molecule has 0 aliphatic heterocycles. The number of benzene rings is 3. The van der Waals surface area contributed by atoms with Crippen molar-refractivity contribution in [1.29, 1.82) is 0 Å². The molecule has 4 N–H and O–H groups in total. The third-order valence-electron chi connectivity index (χ3n) is 5.69. The molecule has 5 nitrogen and oxygen atoms in total. The lowest BCUT2D eigenvalue weighted by molar-refractivity contribution is -0.132. The van der Waals surface area contributed by atoms with Crippen LogP contribution in [0.25, 0.3) is 0 Å². The van der Waals surface area contributed by atoms with Gasteiger partial charge in [-0.05, 0) is 59.4 Å². The summed E-state index contributed by atoms with van der Waals surface area (Å²) in [5.74, 6) is -1.60. The summed E-state index contributed by atoms with van der Waals surface area (Å²) < 4.78 is 27.0. The fourth-order valence-electron chi connectivity index (χ4n) is 3.87. The van der Waals surface area contributed by atoms with Crippen LogP contribution < -0.4 is 5.73 Å². The summed E-state index contributed by atoms with van der Waals surface area (Å²) in [6, 6.07) is 16.6. The number of phenols is 1. The van der Waals surface area contributed by atoms with Gasteiger partial charge in [-0.15, -0.1) is 0 Å². The number of amides is 1. The number of aryl methyl sites for hydroxylation is 1. The molecule has 0 aliphatic carbocycles. The van der Waals surface area contributed by atoms with Gasteiger partial charge >= 0.3 is 0 Å². The van der Waals surface area contributed by atoms with Crippen molar-refractivity contribution in [2.75, 3.05) is 6.54 Å². The predicted molar refractivity (Wildman–Crippen MR) is 127 cm³/mol. The van der Waals surface area contributed by atoms with Crippen LogP contribution in [0.2, 0.25) is 0 Å². The first kappa shape index (κ1) is 25.3. The first-order chi connectivity index (χ1) is 16.2. The van der Waals surface area contributed by atoms with Gasteiger partial charge in [0.15, 0.2) is 0 Å². The lowest BCUT2D eigenvalue weighted by Gasteiger charge is -2.28. The second-order valence-corrected chi connectivity index (χ2v) is 8.51. The molecule has 0 bridgehead atoms. The van der Waals surface area contributed by atoms with E-state index in [0.29, 0.717) is 11.1 Å². The first-order valence-electron chi connectivity index (χ1n) is 11.3. The zero-order valence-corrected chi connectivity index (χ0v) is 19.1. The number of rotatable bonds is 10. The number of nitrogens with two attached hydrogens (primary N) is 1. The first-order valence-corrected chi connectivity index (χ1v) is 11.3. The Morgan fingerprint density at radius 1 is 0.941 bits per heavy atom. The Morgan fingerprint density at radius 2 is 1.59 bits per heavy atom. The highest BCUT2D eigenvalue weighted by Gasteiger charge is 2.23. The minimum Gasteiger partial charge on any atom is -0.508 e. The highest BCUT2D eigenvalue weighted by molar-refractivity contribution is 5.79. The predicted octanol–water partition coefficient (Wildman–Crippen LogP) is 3.74. The molecule has 0 saturated heterocycles. The molecule has 0 aromatic heterocycles. The molecule has 0 aliphatic rings. The van der Waals surface area contributed by atoms with Crippen molar-refractivity contribution in [3.05, 3.63) is 101 Å². The molecule has 0 fully saturated rings. The Balaban J connectivity index is 1.76. The van der Waals surface area contributed by atoms with Gasteiger partial charge in [0.1, 0.15) is 17.4 Å². The number of phenolic OH excluding ortho intramolecular Hbond substituents is 1. The van der Waals surface area contributed by atoms with Crippen LogP contribution in [0.5, 0.6) is 5.75 Å². The molecule has 34 heavy (non-hydrogen) atoms. The SMILES string of the molecule is CCc1cccc(CN(C[C@@H](O)[C@@H](N)Cc2cc(F)cc(F)c2)C(=O)Cc2cccc(O)c2)c1. The molecule has 3 aromatic rings. The average molecular weight is 469 g/mol. The molecule has 2 atom stereocenters. The third kappa shape index (κ3) is 7.37. The molecule has 3 rings (SSSR count). The molecule has 0 saturated carbocycles. The van der Waals surface area contributed by atoms with Gasteiger partial charge in [0, 0.05) is 25.2 Å². The monoisotopic (exact) mass is 468 g/mol. The Morgan fingerprint density at radius 3 is 2.26 bits per heavy atom. The number of nitrogens with zero attached hydrogens (tertiary/aromatic N) is 1. The number of aliphatic hydroxyl groups excluding tert-OH is 1. The number of carbonyl (C=O) groups excluding carboxylic acids is 1. The van der Waals surface area contributed by atoms with Crippen molar-refractivity contribution in [1.82, 2.24) is 4.90 Å². The van der Waals surface area contributed by atoms with Gasteiger partial charge in [0.2, 0.25) is 5.91 Å². The maximum absolute atomic E-state index is 13.5. The van der Waals surface area contributed by atoms with Gasteiger partial charge in [-0.1, -0.05) is 43.3 Å². The molecule has 180 valence electrons. The lowest BCUT2D eigenvalue weighted by Crippen LogP contribution is -2.46. The zero-order valence-electron chi connectivity index (χ0n) is 19.1. The van der Waals surface area contributed by atoms with Crippen LogP contribution in [0.15, 0.2) is 66.7 Å². The maximum Gasteiger partial charge on any atom is 0.227 e. The largest absolute Gasteiger partial charge is 0.508 e. The molecule has 3 aromatic carbocycles. The van der Waals surface area contributed by atoms with E-state index >= 15 is 0 Å². The van der Waals surface area contributed by atoms with Crippen LogP contribution in [0, 0.1) is 11.6 Å². The standard InChI is InChI=1S/C27H30F2N2O3/c1-2-18-5-3-7-20(9-18)16-31(27(34)14-19-6-4-8-24(32)12-19)17-26(33)25(30)13-21-10-22(28)15-23(29)11-21/h3-12,15,25-26,32-33H,2,13-14,16-17,30H2,1H3/t25-,26+/m0/s1. The van der Waals surface area contributed by atoms with E-state index in [-0.39, 0.29) is 37.6 Å².